The van der Waals surface area contributed by atoms with Gasteiger partial charge >= 0.3 is 0 Å². The summed E-state index contributed by atoms with van der Waals surface area (Å²) in [6.45, 7) is 4.79. The summed E-state index contributed by atoms with van der Waals surface area (Å²) >= 11 is 11.9. The molecule has 0 aliphatic heterocycles. The fraction of sp³-hybridized carbons (Fsp3) is 0.500. The molecule has 0 radical (unpaired) electrons. The highest BCUT2D eigenvalue weighted by molar-refractivity contribution is 6.42. The Bertz CT molecular complexity index is 455. The number of rotatable bonds is 7. The summed E-state index contributed by atoms with van der Waals surface area (Å²) in [5.74, 6) is -0.0611. The number of carbonyl (C=O) groups excluding carboxylic acids is 1. The van der Waals surface area contributed by atoms with Crippen LogP contribution in [0.5, 0.6) is 0 Å². The Hall–Kier alpha value is -0.810. The van der Waals surface area contributed by atoms with Gasteiger partial charge in [0.2, 0.25) is 5.91 Å². The van der Waals surface area contributed by atoms with Crippen LogP contribution < -0.4 is 10.6 Å². The van der Waals surface area contributed by atoms with Crippen molar-refractivity contribution in [3.05, 3.63) is 33.8 Å². The number of nitrogens with one attached hydrogen (secondary N) is 2. The normalized spacial score (nSPS) is 13.8. The van der Waals surface area contributed by atoms with Crippen LogP contribution in [-0.4, -0.2) is 32.2 Å². The molecule has 2 unspecified atom stereocenters. The molecule has 1 aromatic rings. The number of methoxy groups -OCH3 is 1. The van der Waals surface area contributed by atoms with E-state index in [2.05, 4.69) is 10.6 Å². The van der Waals surface area contributed by atoms with Gasteiger partial charge in [0, 0.05) is 19.7 Å². The summed E-state index contributed by atoms with van der Waals surface area (Å²) in [4.78, 5) is 11.8. The maximum absolute atomic E-state index is 11.8. The van der Waals surface area contributed by atoms with E-state index in [1.54, 1.807) is 19.2 Å². The van der Waals surface area contributed by atoms with Gasteiger partial charge in [-0.2, -0.15) is 0 Å². The summed E-state index contributed by atoms with van der Waals surface area (Å²) in [5, 5.41) is 7.03. The molecule has 0 saturated heterocycles. The fourth-order valence-corrected chi connectivity index (χ4v) is 2.06. The first-order valence-electron chi connectivity index (χ1n) is 6.43. The molecule has 0 aromatic heterocycles. The number of amides is 1. The third kappa shape index (κ3) is 5.29. The Kier molecular flexibility index (Phi) is 7.30. The number of hydrogen-bond donors (Lipinski definition) is 2. The number of carbonyl (C=O) groups is 1. The average Bonchev–Trinajstić information content (AvgIpc) is 2.41. The summed E-state index contributed by atoms with van der Waals surface area (Å²) in [6.07, 6.45) is 0. The highest BCUT2D eigenvalue weighted by atomic mass is 35.5. The second-order valence-corrected chi connectivity index (χ2v) is 5.38. The van der Waals surface area contributed by atoms with Gasteiger partial charge in [-0.1, -0.05) is 29.3 Å². The number of ether oxygens (including phenoxy) is 1. The van der Waals surface area contributed by atoms with Crippen LogP contribution in [0.2, 0.25) is 10.0 Å². The van der Waals surface area contributed by atoms with E-state index in [0.29, 0.717) is 23.2 Å². The molecule has 1 aromatic carbocycles. The lowest BCUT2D eigenvalue weighted by molar-refractivity contribution is -0.123. The lowest BCUT2D eigenvalue weighted by atomic mass is 10.1. The van der Waals surface area contributed by atoms with E-state index in [-0.39, 0.29) is 18.0 Å². The van der Waals surface area contributed by atoms with E-state index in [1.807, 2.05) is 19.9 Å². The first kappa shape index (κ1) is 17.2. The largest absolute Gasteiger partial charge is 0.383 e. The fourth-order valence-electron chi connectivity index (χ4n) is 1.76. The zero-order valence-electron chi connectivity index (χ0n) is 11.9. The Morgan fingerprint density at radius 3 is 2.60 bits per heavy atom. The third-order valence-corrected chi connectivity index (χ3v) is 3.68. The Morgan fingerprint density at radius 1 is 1.30 bits per heavy atom. The topological polar surface area (TPSA) is 50.4 Å². The molecule has 0 heterocycles. The molecule has 1 amide bonds. The van der Waals surface area contributed by atoms with E-state index in [0.717, 1.165) is 5.56 Å². The van der Waals surface area contributed by atoms with E-state index in [9.17, 15) is 4.79 Å². The minimum absolute atomic E-state index is 0.00654. The van der Waals surface area contributed by atoms with Crippen LogP contribution in [0.25, 0.3) is 0 Å². The summed E-state index contributed by atoms with van der Waals surface area (Å²) in [6, 6.07) is 5.13. The Labute approximate surface area is 129 Å². The minimum Gasteiger partial charge on any atom is -0.383 e. The molecule has 0 saturated carbocycles. The molecular formula is C14H20Cl2N2O2. The van der Waals surface area contributed by atoms with Crippen LogP contribution in [0.15, 0.2) is 18.2 Å². The predicted octanol–water partition coefficient (Wildman–Crippen LogP) is 2.80. The Balaban J connectivity index is 2.53. The molecule has 2 atom stereocenters. The van der Waals surface area contributed by atoms with Crippen LogP contribution >= 0.6 is 23.2 Å². The maximum atomic E-state index is 11.8. The molecule has 0 fully saturated rings. The molecule has 1 rings (SSSR count). The van der Waals surface area contributed by atoms with Gasteiger partial charge in [-0.25, -0.2) is 0 Å². The van der Waals surface area contributed by atoms with Crippen LogP contribution in [0.1, 0.15) is 25.5 Å². The summed E-state index contributed by atoms with van der Waals surface area (Å²) in [7, 11) is 1.60. The van der Waals surface area contributed by atoms with Crippen LogP contribution in [0, 0.1) is 0 Å². The highest BCUT2D eigenvalue weighted by Crippen LogP contribution is 2.25. The van der Waals surface area contributed by atoms with Gasteiger partial charge in [-0.05, 0) is 31.5 Å². The standard InChI is InChI=1S/C14H20Cl2N2O2/c1-9(11-4-5-12(15)13(16)8-11)18-10(2)14(19)17-6-7-20-3/h4-5,8-10,18H,6-7H2,1-3H3,(H,17,19). The highest BCUT2D eigenvalue weighted by Gasteiger charge is 2.16. The second kappa shape index (κ2) is 8.47. The van der Waals surface area contributed by atoms with E-state index in [1.165, 1.54) is 0 Å². The summed E-state index contributed by atoms with van der Waals surface area (Å²) in [5.41, 5.74) is 0.982. The van der Waals surface area contributed by atoms with E-state index >= 15 is 0 Å². The van der Waals surface area contributed by atoms with Crippen molar-refractivity contribution in [3.63, 3.8) is 0 Å². The predicted molar refractivity (Wildman–Crippen MR) is 82.4 cm³/mol. The van der Waals surface area contributed by atoms with E-state index in [4.69, 9.17) is 27.9 Å². The molecule has 4 nitrogen and oxygen atoms in total. The van der Waals surface area contributed by atoms with Crippen molar-refractivity contribution in [2.75, 3.05) is 20.3 Å². The van der Waals surface area contributed by atoms with Gasteiger partial charge in [0.15, 0.2) is 0 Å². The molecular weight excluding hydrogens is 299 g/mol. The number of benzene rings is 1. The van der Waals surface area contributed by atoms with Crippen molar-refractivity contribution in [2.24, 2.45) is 0 Å². The molecule has 20 heavy (non-hydrogen) atoms. The van der Waals surface area contributed by atoms with Crippen molar-refractivity contribution >= 4 is 29.1 Å². The second-order valence-electron chi connectivity index (χ2n) is 4.57. The zero-order chi connectivity index (χ0) is 15.1. The van der Waals surface area contributed by atoms with Crippen molar-refractivity contribution in [1.82, 2.24) is 10.6 Å². The molecule has 0 aliphatic carbocycles. The van der Waals surface area contributed by atoms with Crippen LogP contribution in [0.3, 0.4) is 0 Å². The van der Waals surface area contributed by atoms with E-state index < -0.39 is 0 Å². The van der Waals surface area contributed by atoms with Gasteiger partial charge in [0.1, 0.15) is 0 Å². The van der Waals surface area contributed by atoms with Crippen LogP contribution in [0.4, 0.5) is 0 Å². The first-order valence-corrected chi connectivity index (χ1v) is 7.19. The quantitative estimate of drug-likeness (QED) is 0.760. The summed E-state index contributed by atoms with van der Waals surface area (Å²) < 4.78 is 4.88. The van der Waals surface area contributed by atoms with Gasteiger partial charge in [0.25, 0.3) is 0 Å². The van der Waals surface area contributed by atoms with Gasteiger partial charge < -0.3 is 10.1 Å². The van der Waals surface area contributed by atoms with Gasteiger partial charge in [-0.3, -0.25) is 10.1 Å². The minimum atomic E-state index is -0.309. The van der Waals surface area contributed by atoms with Gasteiger partial charge in [0.05, 0.1) is 22.7 Å². The van der Waals surface area contributed by atoms with Crippen molar-refractivity contribution in [3.8, 4) is 0 Å². The maximum Gasteiger partial charge on any atom is 0.236 e. The molecule has 112 valence electrons. The lowest BCUT2D eigenvalue weighted by Crippen LogP contribution is -2.44. The SMILES string of the molecule is COCCNC(=O)C(C)NC(C)c1ccc(Cl)c(Cl)c1. The number of halogens is 2. The third-order valence-electron chi connectivity index (χ3n) is 2.94. The monoisotopic (exact) mass is 318 g/mol. The molecule has 0 bridgehead atoms. The Morgan fingerprint density at radius 2 is 2.00 bits per heavy atom. The molecule has 6 heteroatoms. The molecule has 0 aliphatic rings. The lowest BCUT2D eigenvalue weighted by Gasteiger charge is -2.20. The molecule has 0 spiro atoms. The number of hydrogen-bond acceptors (Lipinski definition) is 3. The van der Waals surface area contributed by atoms with Crippen molar-refractivity contribution in [1.29, 1.82) is 0 Å². The van der Waals surface area contributed by atoms with Crippen LogP contribution in [-0.2, 0) is 9.53 Å². The van der Waals surface area contributed by atoms with Crippen molar-refractivity contribution in [2.45, 2.75) is 25.9 Å². The zero-order valence-corrected chi connectivity index (χ0v) is 13.4. The molecule has 2 N–H and O–H groups in total. The average molecular weight is 319 g/mol. The smallest absolute Gasteiger partial charge is 0.236 e. The van der Waals surface area contributed by atoms with Crippen molar-refractivity contribution < 1.29 is 9.53 Å². The van der Waals surface area contributed by atoms with Gasteiger partial charge in [-0.15, -0.1) is 0 Å². The first-order chi connectivity index (χ1) is 9.45.